The van der Waals surface area contributed by atoms with Crippen LogP contribution >= 0.6 is 27.7 Å². The fourth-order valence-electron chi connectivity index (χ4n) is 1.47. The zero-order valence-corrected chi connectivity index (χ0v) is 13.9. The van der Waals surface area contributed by atoms with Crippen molar-refractivity contribution in [2.75, 3.05) is 19.5 Å². The second-order valence-corrected chi connectivity index (χ2v) is 5.91. The van der Waals surface area contributed by atoms with Crippen LogP contribution in [0.4, 0.5) is 0 Å². The molecule has 0 saturated carbocycles. The molecule has 1 saturated heterocycles. The SMILES string of the molecule is COC(=O)COc1ccc(Br)cc1C=NN=C1NC(=O)CS1. The monoisotopic (exact) mass is 385 g/mol. The zero-order valence-electron chi connectivity index (χ0n) is 11.5. The highest BCUT2D eigenvalue weighted by Crippen LogP contribution is 2.22. The van der Waals surface area contributed by atoms with Crippen molar-refractivity contribution in [1.29, 1.82) is 0 Å². The van der Waals surface area contributed by atoms with Gasteiger partial charge in [0.15, 0.2) is 11.8 Å². The van der Waals surface area contributed by atoms with Crippen LogP contribution in [0.1, 0.15) is 5.56 Å². The fraction of sp³-hybridized carbons (Fsp3) is 0.231. The molecular weight excluding hydrogens is 374 g/mol. The Kier molecular flexibility index (Phi) is 5.96. The van der Waals surface area contributed by atoms with Gasteiger partial charge in [0.1, 0.15) is 5.75 Å². The first-order valence-corrected chi connectivity index (χ1v) is 7.89. The maximum atomic E-state index is 11.1. The Bertz CT molecular complexity index is 648. The molecule has 0 spiro atoms. The molecule has 1 heterocycles. The molecule has 7 nitrogen and oxygen atoms in total. The minimum atomic E-state index is -0.476. The molecule has 0 radical (unpaired) electrons. The van der Waals surface area contributed by atoms with E-state index in [1.807, 2.05) is 0 Å². The van der Waals surface area contributed by atoms with Crippen LogP contribution in [0.3, 0.4) is 0 Å². The molecule has 9 heteroatoms. The minimum Gasteiger partial charge on any atom is -0.481 e. The van der Waals surface area contributed by atoms with Gasteiger partial charge >= 0.3 is 5.97 Å². The number of halogens is 1. The Balaban J connectivity index is 2.09. The first-order valence-electron chi connectivity index (χ1n) is 6.11. The maximum absolute atomic E-state index is 11.1. The molecule has 1 amide bonds. The highest BCUT2D eigenvalue weighted by Gasteiger charge is 2.16. The summed E-state index contributed by atoms with van der Waals surface area (Å²) in [6, 6.07) is 5.26. The number of amidine groups is 1. The summed E-state index contributed by atoms with van der Waals surface area (Å²) in [5.74, 6) is 0.249. The van der Waals surface area contributed by atoms with Crippen LogP contribution < -0.4 is 10.1 Å². The van der Waals surface area contributed by atoms with E-state index in [-0.39, 0.29) is 12.5 Å². The fourth-order valence-corrected chi connectivity index (χ4v) is 2.48. The van der Waals surface area contributed by atoms with Crippen molar-refractivity contribution in [3.63, 3.8) is 0 Å². The minimum absolute atomic E-state index is 0.0940. The molecule has 0 unspecified atom stereocenters. The number of ether oxygens (including phenoxy) is 2. The van der Waals surface area contributed by atoms with Gasteiger partial charge in [-0.05, 0) is 18.2 Å². The summed E-state index contributed by atoms with van der Waals surface area (Å²) in [6.07, 6.45) is 1.48. The molecular formula is C13H12BrN3O4S. The Morgan fingerprint density at radius 2 is 2.36 bits per heavy atom. The summed E-state index contributed by atoms with van der Waals surface area (Å²) < 4.78 is 10.7. The van der Waals surface area contributed by atoms with Crippen molar-refractivity contribution >= 4 is 51.0 Å². The van der Waals surface area contributed by atoms with E-state index in [2.05, 4.69) is 36.2 Å². The van der Waals surface area contributed by atoms with Crippen molar-refractivity contribution in [2.24, 2.45) is 10.2 Å². The van der Waals surface area contributed by atoms with Crippen molar-refractivity contribution in [3.8, 4) is 5.75 Å². The molecule has 1 fully saturated rings. The normalized spacial score (nSPS) is 16.1. The highest BCUT2D eigenvalue weighted by atomic mass is 79.9. The lowest BCUT2D eigenvalue weighted by Gasteiger charge is -2.07. The number of thioether (sulfide) groups is 1. The van der Waals surface area contributed by atoms with E-state index in [4.69, 9.17) is 4.74 Å². The molecule has 2 rings (SSSR count). The lowest BCUT2D eigenvalue weighted by molar-refractivity contribution is -0.142. The first kappa shape index (κ1) is 16.5. The quantitative estimate of drug-likeness (QED) is 0.471. The van der Waals surface area contributed by atoms with Gasteiger partial charge in [0, 0.05) is 10.0 Å². The van der Waals surface area contributed by atoms with Crippen LogP contribution in [0.15, 0.2) is 32.9 Å². The first-order chi connectivity index (χ1) is 10.6. The third-order valence-corrected chi connectivity index (χ3v) is 3.83. The molecule has 116 valence electrons. The number of hydrogen-bond acceptors (Lipinski definition) is 7. The number of methoxy groups -OCH3 is 1. The molecule has 1 aliphatic rings. The van der Waals surface area contributed by atoms with Gasteiger partial charge in [0.25, 0.3) is 0 Å². The number of benzene rings is 1. The molecule has 22 heavy (non-hydrogen) atoms. The van der Waals surface area contributed by atoms with Gasteiger partial charge < -0.3 is 14.8 Å². The molecule has 1 aliphatic heterocycles. The second-order valence-electron chi connectivity index (χ2n) is 4.03. The van der Waals surface area contributed by atoms with Crippen LogP contribution in [0.2, 0.25) is 0 Å². The number of carbonyl (C=O) groups excluding carboxylic acids is 2. The third kappa shape index (κ3) is 4.85. The van der Waals surface area contributed by atoms with E-state index >= 15 is 0 Å². The molecule has 1 aromatic rings. The third-order valence-electron chi connectivity index (χ3n) is 2.48. The predicted octanol–water partition coefficient (Wildman–Crippen LogP) is 1.55. The summed E-state index contributed by atoms with van der Waals surface area (Å²) >= 11 is 4.63. The number of esters is 1. The van der Waals surface area contributed by atoms with E-state index in [1.54, 1.807) is 18.2 Å². The summed E-state index contributed by atoms with van der Waals surface area (Å²) in [4.78, 5) is 22.2. The van der Waals surface area contributed by atoms with Gasteiger partial charge in [-0.3, -0.25) is 4.79 Å². The van der Waals surface area contributed by atoms with Crippen LogP contribution in [-0.4, -0.2) is 42.7 Å². The van der Waals surface area contributed by atoms with Crippen molar-refractivity contribution in [2.45, 2.75) is 0 Å². The van der Waals surface area contributed by atoms with E-state index < -0.39 is 5.97 Å². The molecule has 1 aromatic carbocycles. The van der Waals surface area contributed by atoms with Crippen LogP contribution in [0.25, 0.3) is 0 Å². The Labute approximate surface area is 139 Å². The number of amides is 1. The predicted molar refractivity (Wildman–Crippen MR) is 87.3 cm³/mol. The lowest BCUT2D eigenvalue weighted by Crippen LogP contribution is -2.19. The highest BCUT2D eigenvalue weighted by molar-refractivity contribution is 9.10. The van der Waals surface area contributed by atoms with Gasteiger partial charge in [0.2, 0.25) is 5.91 Å². The van der Waals surface area contributed by atoms with Gasteiger partial charge in [0.05, 0.1) is 19.1 Å². The van der Waals surface area contributed by atoms with Gasteiger partial charge in [-0.2, -0.15) is 5.10 Å². The molecule has 0 aromatic heterocycles. The van der Waals surface area contributed by atoms with Crippen molar-refractivity contribution in [1.82, 2.24) is 5.32 Å². The smallest absolute Gasteiger partial charge is 0.343 e. The largest absolute Gasteiger partial charge is 0.481 e. The van der Waals surface area contributed by atoms with E-state index in [1.165, 1.54) is 25.1 Å². The van der Waals surface area contributed by atoms with E-state index in [9.17, 15) is 9.59 Å². The number of carbonyl (C=O) groups is 2. The van der Waals surface area contributed by atoms with Crippen LogP contribution in [0, 0.1) is 0 Å². The summed E-state index contributed by atoms with van der Waals surface area (Å²) in [7, 11) is 1.29. The maximum Gasteiger partial charge on any atom is 0.343 e. The lowest BCUT2D eigenvalue weighted by atomic mass is 10.2. The van der Waals surface area contributed by atoms with E-state index in [0.29, 0.717) is 22.2 Å². The molecule has 0 atom stereocenters. The van der Waals surface area contributed by atoms with Crippen molar-refractivity contribution < 1.29 is 19.1 Å². The van der Waals surface area contributed by atoms with Crippen molar-refractivity contribution in [3.05, 3.63) is 28.2 Å². The summed E-state index contributed by atoms with van der Waals surface area (Å²) in [6.45, 7) is -0.195. The summed E-state index contributed by atoms with van der Waals surface area (Å²) in [5, 5.41) is 10.8. The second kappa shape index (κ2) is 7.95. The van der Waals surface area contributed by atoms with Gasteiger partial charge in [-0.15, -0.1) is 5.10 Å². The van der Waals surface area contributed by atoms with E-state index in [0.717, 1.165) is 4.47 Å². The molecule has 0 bridgehead atoms. The molecule has 1 N–H and O–H groups in total. The standard InChI is InChI=1S/C13H12BrN3O4S/c1-20-12(19)6-21-10-3-2-9(14)4-8(10)5-15-17-13-16-11(18)7-22-13/h2-5H,6-7H2,1H3,(H,16,17,18). The van der Waals surface area contributed by atoms with Gasteiger partial charge in [-0.1, -0.05) is 27.7 Å². The Morgan fingerprint density at radius 1 is 1.55 bits per heavy atom. The average Bonchev–Trinajstić information content (AvgIpc) is 2.91. The number of nitrogens with zero attached hydrogens (tertiary/aromatic N) is 2. The number of hydrogen-bond donors (Lipinski definition) is 1. The number of rotatable bonds is 5. The zero-order chi connectivity index (χ0) is 15.9. The Hall–Kier alpha value is -1.87. The van der Waals surface area contributed by atoms with Crippen LogP contribution in [0.5, 0.6) is 5.75 Å². The number of nitrogens with one attached hydrogen (secondary N) is 1. The Morgan fingerprint density at radius 3 is 3.05 bits per heavy atom. The summed E-state index contributed by atoms with van der Waals surface area (Å²) in [5.41, 5.74) is 0.636. The topological polar surface area (TPSA) is 89.3 Å². The molecule has 0 aliphatic carbocycles. The van der Waals surface area contributed by atoms with Crippen LogP contribution in [-0.2, 0) is 14.3 Å². The van der Waals surface area contributed by atoms with Gasteiger partial charge in [-0.25, -0.2) is 4.79 Å². The average molecular weight is 386 g/mol.